The summed E-state index contributed by atoms with van der Waals surface area (Å²) in [5.41, 5.74) is 0.981. The highest BCUT2D eigenvalue weighted by Gasteiger charge is 2.52. The van der Waals surface area contributed by atoms with Crippen molar-refractivity contribution in [1.82, 2.24) is 39.0 Å². The van der Waals surface area contributed by atoms with Crippen LogP contribution in [0.3, 0.4) is 0 Å². The number of likely N-dealkylation sites (tertiary alicyclic amines) is 2. The number of aliphatic hydroxyl groups is 2. The second-order valence-corrected chi connectivity index (χ2v) is 35.6. The monoisotopic (exact) mass is 1450 g/mol. The first-order valence-electron chi connectivity index (χ1n) is 33.1. The number of pyridine rings is 4. The number of hydrogen-bond acceptors (Lipinski definition) is 22. The number of amides is 2. The number of carbonyl (C=O) groups excluding carboxylic acids is 2. The Kier molecular flexibility index (Phi) is 22.8. The van der Waals surface area contributed by atoms with Crippen LogP contribution in [0.15, 0.2) is 86.8 Å². The summed E-state index contributed by atoms with van der Waals surface area (Å²) in [6, 6.07) is 15.7. The van der Waals surface area contributed by atoms with Crippen molar-refractivity contribution in [2.45, 2.75) is 168 Å². The van der Waals surface area contributed by atoms with E-state index in [1.54, 1.807) is 71.2 Å². The molecule has 26 nitrogen and oxygen atoms in total. The fourth-order valence-electron chi connectivity index (χ4n) is 11.3. The minimum atomic E-state index is -2.35. The van der Waals surface area contributed by atoms with Crippen LogP contribution in [-0.4, -0.2) is 211 Å². The Labute approximate surface area is 584 Å². The topological polar surface area (TPSA) is 310 Å². The van der Waals surface area contributed by atoms with Gasteiger partial charge in [0, 0.05) is 109 Å². The molecule has 530 valence electrons. The predicted molar refractivity (Wildman–Crippen MR) is 381 cm³/mol. The van der Waals surface area contributed by atoms with Crippen LogP contribution in [0.2, 0.25) is 0 Å². The molecule has 0 radical (unpaired) electrons. The smallest absolute Gasteiger partial charge is 0.489 e. The molecule has 0 aliphatic carbocycles. The normalized spacial score (nSPS) is 18.9. The Morgan fingerprint density at radius 2 is 1.03 bits per heavy atom. The molecule has 6 aromatic rings. The fraction of sp³-hybridized carbons (Fsp3) is 0.588. The Morgan fingerprint density at radius 1 is 0.622 bits per heavy atom. The van der Waals surface area contributed by atoms with Gasteiger partial charge in [-0.05, 0) is 169 Å². The minimum absolute atomic E-state index is 0.0213. The van der Waals surface area contributed by atoms with Crippen molar-refractivity contribution >= 4 is 82.8 Å². The summed E-state index contributed by atoms with van der Waals surface area (Å²) in [4.78, 5) is 41.7. The van der Waals surface area contributed by atoms with Crippen molar-refractivity contribution in [3.8, 4) is 34.8 Å². The van der Waals surface area contributed by atoms with Gasteiger partial charge in [-0.15, -0.1) is 0 Å². The van der Waals surface area contributed by atoms with Crippen LogP contribution >= 0.6 is 15.9 Å². The number of nitriles is 2. The van der Waals surface area contributed by atoms with E-state index in [0.29, 0.717) is 122 Å². The maximum atomic E-state index is 13.6. The number of nitrogens with zero attached hydrogens (tertiary/aromatic N) is 14. The molecule has 5 saturated heterocycles. The predicted octanol–water partition coefficient (Wildman–Crippen LogP) is 9.29. The summed E-state index contributed by atoms with van der Waals surface area (Å²) in [6.07, 6.45) is 12.2. The molecule has 6 aromatic heterocycles. The maximum absolute atomic E-state index is 13.6. The van der Waals surface area contributed by atoms with Gasteiger partial charge in [-0.2, -0.15) is 20.7 Å². The van der Waals surface area contributed by atoms with Crippen LogP contribution in [0.25, 0.3) is 22.2 Å². The lowest BCUT2D eigenvalue weighted by molar-refractivity contribution is 0.00578. The molecule has 0 aromatic carbocycles. The zero-order chi connectivity index (χ0) is 71.4. The van der Waals surface area contributed by atoms with Crippen LogP contribution in [0.1, 0.15) is 134 Å². The lowest BCUT2D eigenvalue weighted by Crippen LogP contribution is -2.44. The molecular weight excluding hydrogens is 1360 g/mol. The third-order valence-corrected chi connectivity index (χ3v) is 22.4. The Balaban J connectivity index is 0.000000186. The average molecular weight is 1450 g/mol. The van der Waals surface area contributed by atoms with Crippen molar-refractivity contribution in [3.63, 3.8) is 0 Å². The molecule has 98 heavy (non-hydrogen) atoms. The SMILES string of the molecule is CC(C)(C)OC(=O)N1CCC(N=S2(=O)CCN(c3ccc(B4OC(C)(C)C(C)(C)O4)cn3)CC2)CC1.CC(C)(O)COc1cc(-c2ccc(N3CCS(=O)(=NC4CCN(C(=O)OC(C)(C)C)CC4)CC3)nc2)c2c(C#N)cnn2c1.CC(C)(O)COc1cc(Br)c2c(C#N)cnn2c1. The van der Waals surface area contributed by atoms with E-state index >= 15 is 0 Å². The number of piperidine rings is 2. The van der Waals surface area contributed by atoms with E-state index in [1.165, 1.54) is 12.4 Å². The van der Waals surface area contributed by atoms with Gasteiger partial charge in [0.15, 0.2) is 0 Å². The molecular formula is C68H94BBrN14O12S2. The number of halogens is 1. The molecule has 2 amide bonds. The molecule has 0 unspecified atom stereocenters. The second-order valence-electron chi connectivity index (χ2n) is 29.6. The van der Waals surface area contributed by atoms with E-state index in [9.17, 15) is 33.5 Å². The number of fused-ring (bicyclic) bond motifs is 2. The molecule has 2 N–H and O–H groups in total. The van der Waals surface area contributed by atoms with Crippen molar-refractivity contribution < 1.29 is 56.5 Å². The summed E-state index contributed by atoms with van der Waals surface area (Å²) in [6.45, 7) is 31.0. The van der Waals surface area contributed by atoms with Crippen LogP contribution in [0, 0.1) is 22.7 Å². The van der Waals surface area contributed by atoms with E-state index in [-0.39, 0.29) is 48.7 Å². The fourth-order valence-corrected chi connectivity index (χ4v) is 16.2. The van der Waals surface area contributed by atoms with Gasteiger partial charge in [-0.1, -0.05) is 6.07 Å². The van der Waals surface area contributed by atoms with Crippen molar-refractivity contribution in [3.05, 3.63) is 89.2 Å². The lowest BCUT2D eigenvalue weighted by Gasteiger charge is -2.34. The summed E-state index contributed by atoms with van der Waals surface area (Å²) in [5.74, 6) is 4.71. The van der Waals surface area contributed by atoms with E-state index in [2.05, 4.69) is 53.0 Å². The minimum Gasteiger partial charge on any atom is -0.489 e. The number of aromatic nitrogens is 6. The zero-order valence-electron chi connectivity index (χ0n) is 58.8. The second kappa shape index (κ2) is 29.9. The molecule has 11 rings (SSSR count). The van der Waals surface area contributed by atoms with E-state index in [1.807, 2.05) is 106 Å². The van der Waals surface area contributed by atoms with Crippen molar-refractivity contribution in [2.75, 3.05) is 98.4 Å². The number of rotatable bonds is 12. The quantitative estimate of drug-likeness (QED) is 0.108. The van der Waals surface area contributed by atoms with Gasteiger partial charge in [0.2, 0.25) is 0 Å². The molecule has 0 bridgehead atoms. The van der Waals surface area contributed by atoms with Gasteiger partial charge in [-0.3, -0.25) is 0 Å². The highest BCUT2D eigenvalue weighted by Crippen LogP contribution is 2.37. The number of carbonyl (C=O) groups is 2. The molecule has 0 spiro atoms. The molecule has 5 fully saturated rings. The summed E-state index contributed by atoms with van der Waals surface area (Å²) in [5, 5.41) is 46.7. The third kappa shape index (κ3) is 19.8. The zero-order valence-corrected chi connectivity index (χ0v) is 62.0. The Hall–Kier alpha value is -7.32. The van der Waals surface area contributed by atoms with Crippen LogP contribution in [0.5, 0.6) is 11.5 Å². The largest absolute Gasteiger partial charge is 0.496 e. The van der Waals surface area contributed by atoms with Gasteiger partial charge >= 0.3 is 19.3 Å². The maximum Gasteiger partial charge on any atom is 0.496 e. The van der Waals surface area contributed by atoms with E-state index in [4.69, 9.17) is 47.2 Å². The first kappa shape index (κ1) is 74.9. The summed E-state index contributed by atoms with van der Waals surface area (Å²) in [7, 11) is -5.04. The first-order chi connectivity index (χ1) is 45.8. The van der Waals surface area contributed by atoms with Gasteiger partial charge in [-0.25, -0.2) is 45.7 Å². The molecule has 0 saturated carbocycles. The molecule has 5 aliphatic heterocycles. The number of ether oxygens (including phenoxy) is 4. The molecule has 0 atom stereocenters. The van der Waals surface area contributed by atoms with E-state index < -0.39 is 49.0 Å². The van der Waals surface area contributed by atoms with Crippen LogP contribution < -0.4 is 24.7 Å². The summed E-state index contributed by atoms with van der Waals surface area (Å²) >= 11 is 3.38. The average Bonchev–Trinajstić information content (AvgIpc) is 1.58. The first-order valence-corrected chi connectivity index (χ1v) is 37.6. The van der Waals surface area contributed by atoms with Gasteiger partial charge < -0.3 is 58.1 Å². The Bertz CT molecular complexity index is 4130. The third-order valence-electron chi connectivity index (χ3n) is 17.2. The highest BCUT2D eigenvalue weighted by atomic mass is 79.9. The number of anilines is 2. The Morgan fingerprint density at radius 3 is 1.42 bits per heavy atom. The molecule has 11 heterocycles. The van der Waals surface area contributed by atoms with Crippen LogP contribution in [-0.2, 0) is 38.2 Å². The van der Waals surface area contributed by atoms with Gasteiger partial charge in [0.05, 0.1) is 101 Å². The lowest BCUT2D eigenvalue weighted by atomic mass is 9.80. The van der Waals surface area contributed by atoms with E-state index in [0.717, 1.165) is 45.5 Å². The summed E-state index contributed by atoms with van der Waals surface area (Å²) < 4.78 is 75.0. The number of hydrogen-bond donors (Lipinski definition) is 2. The molecule has 30 heteroatoms. The van der Waals surface area contributed by atoms with Crippen LogP contribution in [0.4, 0.5) is 21.2 Å². The van der Waals surface area contributed by atoms with Crippen molar-refractivity contribution in [2.24, 2.45) is 8.73 Å². The van der Waals surface area contributed by atoms with Gasteiger partial charge in [0.25, 0.3) is 0 Å². The van der Waals surface area contributed by atoms with Crippen molar-refractivity contribution in [1.29, 1.82) is 10.5 Å². The highest BCUT2D eigenvalue weighted by molar-refractivity contribution is 9.10. The standard InChI is InChI=1S/C31H41N7O5S.C25H41BN4O5S.C12H12BrN3O2/c1-30(2,3)43-29(39)37-10-8-24(9-11-37)35-44(41)14-12-36(13-15-44)27-7-6-22(18-33-27)26-16-25(42-21-31(4,5)40)20-38-28(26)23(17-32)19-34-38;1-23(2,3)33-22(31)30-12-10-20(11-13-30)28-36(32)16-14-29(15-17-36)21-9-8-19(18-27-21)26-34-24(4,5)25(6,7)35-26;1-12(2,17)7-18-9-3-10(13)11-8(4-14)5-15-16(11)6-9/h6-7,16,18-20,24,40H,8-15,21H2,1-5H3;8-9,18,20H,10-17H2,1-7H3;3,5-6,17H,7H2,1-2H3. The molecule has 5 aliphatic rings. The van der Waals surface area contributed by atoms with Gasteiger partial charge in [0.1, 0.15) is 59.7 Å².